The van der Waals surface area contributed by atoms with Crippen molar-refractivity contribution in [2.75, 3.05) is 7.11 Å². The summed E-state index contributed by atoms with van der Waals surface area (Å²) in [6, 6.07) is 19.2. The monoisotopic (exact) mass is 242 g/mol. The first-order chi connectivity index (χ1) is 8.16. The highest BCUT2D eigenvalue weighted by atomic mass is 28.4. The third kappa shape index (κ3) is 2.33. The zero-order valence-electron chi connectivity index (χ0n) is 10.6. The second-order valence-electron chi connectivity index (χ2n) is 4.47. The van der Waals surface area contributed by atoms with Crippen LogP contribution in [0.25, 0.3) is 0 Å². The molecule has 1 nitrogen and oxygen atoms in total. The van der Waals surface area contributed by atoms with Crippen molar-refractivity contribution in [1.82, 2.24) is 0 Å². The van der Waals surface area contributed by atoms with Crippen LogP contribution in [0.2, 0.25) is 6.55 Å². The van der Waals surface area contributed by atoms with Gasteiger partial charge in [0.05, 0.1) is 0 Å². The molecule has 0 saturated carbocycles. The molecule has 0 fully saturated rings. The largest absolute Gasteiger partial charge is 0.411 e. The van der Waals surface area contributed by atoms with E-state index in [-0.39, 0.29) is 0 Å². The summed E-state index contributed by atoms with van der Waals surface area (Å²) < 4.78 is 5.90. The first kappa shape index (κ1) is 12.1. The van der Waals surface area contributed by atoms with Crippen LogP contribution in [0.4, 0.5) is 0 Å². The van der Waals surface area contributed by atoms with E-state index >= 15 is 0 Å². The molecule has 0 aliphatic heterocycles. The summed E-state index contributed by atoms with van der Waals surface area (Å²) in [6.07, 6.45) is 0. The average molecular weight is 242 g/mol. The van der Waals surface area contributed by atoms with Crippen LogP contribution in [0.3, 0.4) is 0 Å². The Morgan fingerprint density at radius 3 is 2.12 bits per heavy atom. The lowest BCUT2D eigenvalue weighted by Crippen LogP contribution is -2.57. The van der Waals surface area contributed by atoms with Crippen LogP contribution in [0.5, 0.6) is 0 Å². The second kappa shape index (κ2) is 4.86. The van der Waals surface area contributed by atoms with Gasteiger partial charge in [-0.25, -0.2) is 0 Å². The van der Waals surface area contributed by atoms with Crippen LogP contribution in [-0.4, -0.2) is 15.4 Å². The van der Waals surface area contributed by atoms with E-state index in [9.17, 15) is 0 Å². The van der Waals surface area contributed by atoms with E-state index in [1.165, 1.54) is 15.9 Å². The zero-order valence-corrected chi connectivity index (χ0v) is 11.6. The van der Waals surface area contributed by atoms with Crippen LogP contribution in [0, 0.1) is 6.92 Å². The Balaban J connectivity index is 2.52. The molecule has 17 heavy (non-hydrogen) atoms. The first-order valence-electron chi connectivity index (χ1n) is 5.84. The van der Waals surface area contributed by atoms with Crippen LogP contribution in [0.15, 0.2) is 54.6 Å². The summed E-state index contributed by atoms with van der Waals surface area (Å²) >= 11 is 0. The van der Waals surface area contributed by atoms with E-state index < -0.39 is 8.32 Å². The van der Waals surface area contributed by atoms with E-state index in [2.05, 4.69) is 62.0 Å². The maximum atomic E-state index is 5.90. The highest BCUT2D eigenvalue weighted by Gasteiger charge is 2.32. The predicted octanol–water partition coefficient (Wildman–Crippen LogP) is 2.33. The van der Waals surface area contributed by atoms with E-state index in [1.807, 2.05) is 13.2 Å². The summed E-state index contributed by atoms with van der Waals surface area (Å²) in [5, 5.41) is 2.64. The number of hydrogen-bond donors (Lipinski definition) is 0. The van der Waals surface area contributed by atoms with E-state index in [4.69, 9.17) is 4.43 Å². The highest BCUT2D eigenvalue weighted by Crippen LogP contribution is 2.07. The molecular weight excluding hydrogens is 224 g/mol. The molecule has 88 valence electrons. The molecule has 0 aliphatic carbocycles. The smallest absolute Gasteiger partial charge is 0.252 e. The van der Waals surface area contributed by atoms with E-state index in [0.717, 1.165) is 0 Å². The summed E-state index contributed by atoms with van der Waals surface area (Å²) in [5.41, 5.74) is 1.29. The Labute approximate surface area is 104 Å². The average Bonchev–Trinajstić information content (AvgIpc) is 2.39. The minimum absolute atomic E-state index is 1.29. The molecule has 2 heteroatoms. The van der Waals surface area contributed by atoms with Gasteiger partial charge in [0, 0.05) is 7.11 Å². The number of hydrogen-bond acceptors (Lipinski definition) is 1. The molecule has 0 amide bonds. The summed E-state index contributed by atoms with van der Waals surface area (Å²) in [7, 11) is -0.186. The van der Waals surface area contributed by atoms with E-state index in [1.54, 1.807) is 0 Å². The molecule has 0 saturated heterocycles. The molecule has 0 aliphatic rings. The third-order valence-corrected chi connectivity index (χ3v) is 6.97. The molecule has 2 aromatic rings. The lowest BCUT2D eigenvalue weighted by atomic mass is 10.2. The summed E-state index contributed by atoms with van der Waals surface area (Å²) in [5.74, 6) is 0. The van der Waals surface area contributed by atoms with Gasteiger partial charge in [-0.2, -0.15) is 0 Å². The van der Waals surface area contributed by atoms with Gasteiger partial charge in [0.15, 0.2) is 0 Å². The van der Waals surface area contributed by atoms with Gasteiger partial charge in [-0.1, -0.05) is 60.2 Å². The van der Waals surface area contributed by atoms with Crippen LogP contribution in [-0.2, 0) is 4.43 Å². The van der Waals surface area contributed by atoms with Gasteiger partial charge in [0.2, 0.25) is 0 Å². The first-order valence-corrected chi connectivity index (χ1v) is 8.25. The molecule has 0 aromatic heterocycles. The fourth-order valence-corrected chi connectivity index (χ4v) is 4.65. The number of rotatable bonds is 3. The van der Waals surface area contributed by atoms with Crippen LogP contribution < -0.4 is 10.4 Å². The molecule has 0 bridgehead atoms. The number of aryl methyl sites for hydroxylation is 1. The fourth-order valence-electron chi connectivity index (χ4n) is 2.10. The van der Waals surface area contributed by atoms with Gasteiger partial charge in [-0.3, -0.25) is 0 Å². The Bertz CT molecular complexity index is 495. The van der Waals surface area contributed by atoms with Gasteiger partial charge in [-0.15, -0.1) is 0 Å². The molecule has 2 rings (SSSR count). The SMILES string of the molecule is CO[Si](C)(c1ccccc1)c1cccc(C)c1. The molecule has 0 radical (unpaired) electrons. The van der Waals surface area contributed by atoms with Crippen molar-refractivity contribution in [1.29, 1.82) is 0 Å². The molecule has 2 aromatic carbocycles. The van der Waals surface area contributed by atoms with Crippen molar-refractivity contribution in [3.63, 3.8) is 0 Å². The molecule has 0 N–H and O–H groups in total. The van der Waals surface area contributed by atoms with Crippen molar-refractivity contribution in [2.45, 2.75) is 13.5 Å². The predicted molar refractivity (Wildman–Crippen MR) is 75.5 cm³/mol. The Hall–Kier alpha value is -1.38. The molecule has 1 unspecified atom stereocenters. The van der Waals surface area contributed by atoms with Crippen molar-refractivity contribution in [3.05, 3.63) is 60.2 Å². The molecular formula is C15H18OSi. The van der Waals surface area contributed by atoms with Gasteiger partial charge in [0.25, 0.3) is 8.32 Å². The Morgan fingerprint density at radius 2 is 1.53 bits per heavy atom. The van der Waals surface area contributed by atoms with Gasteiger partial charge < -0.3 is 4.43 Å². The lowest BCUT2D eigenvalue weighted by molar-refractivity contribution is 0.421. The lowest BCUT2D eigenvalue weighted by Gasteiger charge is -2.26. The standard InChI is InChI=1S/C15H18OSi/c1-13-8-7-11-15(12-13)17(3,16-2)14-9-5-4-6-10-14/h4-12H,1-3H3. The second-order valence-corrected chi connectivity index (χ2v) is 8.10. The topological polar surface area (TPSA) is 9.23 Å². The normalized spacial score (nSPS) is 14.3. The van der Waals surface area contributed by atoms with Crippen LogP contribution >= 0.6 is 0 Å². The highest BCUT2D eigenvalue weighted by molar-refractivity contribution is 6.96. The van der Waals surface area contributed by atoms with Gasteiger partial charge in [-0.05, 0) is 23.8 Å². The fraction of sp³-hybridized carbons (Fsp3) is 0.200. The van der Waals surface area contributed by atoms with Crippen molar-refractivity contribution >= 4 is 18.7 Å². The summed E-state index contributed by atoms with van der Waals surface area (Å²) in [6.45, 7) is 4.37. The van der Waals surface area contributed by atoms with Gasteiger partial charge >= 0.3 is 0 Å². The molecule has 0 spiro atoms. The van der Waals surface area contributed by atoms with Crippen LogP contribution in [0.1, 0.15) is 5.56 Å². The third-order valence-electron chi connectivity index (χ3n) is 3.30. The quantitative estimate of drug-likeness (QED) is 0.751. The maximum absolute atomic E-state index is 5.90. The van der Waals surface area contributed by atoms with Crippen molar-refractivity contribution in [2.24, 2.45) is 0 Å². The Morgan fingerprint density at radius 1 is 0.882 bits per heavy atom. The Kier molecular flexibility index (Phi) is 3.45. The minimum atomic E-state index is -2.01. The summed E-state index contributed by atoms with van der Waals surface area (Å²) in [4.78, 5) is 0. The van der Waals surface area contributed by atoms with Crippen molar-refractivity contribution in [3.8, 4) is 0 Å². The van der Waals surface area contributed by atoms with Gasteiger partial charge in [0.1, 0.15) is 0 Å². The number of benzene rings is 2. The zero-order chi connectivity index (χ0) is 12.3. The maximum Gasteiger partial charge on any atom is 0.252 e. The van der Waals surface area contributed by atoms with E-state index in [0.29, 0.717) is 0 Å². The minimum Gasteiger partial charge on any atom is -0.411 e. The molecule has 0 heterocycles. The molecule has 1 atom stereocenters. The van der Waals surface area contributed by atoms with Crippen molar-refractivity contribution < 1.29 is 4.43 Å².